The zero-order valence-electron chi connectivity index (χ0n) is 15.3. The van der Waals surface area contributed by atoms with Crippen LogP contribution in [-0.2, 0) is 13.0 Å². The molecule has 0 radical (unpaired) electrons. The van der Waals surface area contributed by atoms with E-state index in [1.807, 2.05) is 24.3 Å². The van der Waals surface area contributed by atoms with Crippen LogP contribution in [-0.4, -0.2) is 47.2 Å². The molecule has 1 atom stereocenters. The molecule has 1 aromatic heterocycles. The molecule has 0 bridgehead atoms. The predicted molar refractivity (Wildman–Crippen MR) is 103 cm³/mol. The molecule has 1 aliphatic heterocycles. The molecule has 6 nitrogen and oxygen atoms in total. The quantitative estimate of drug-likeness (QED) is 0.695. The number of halogens is 1. The van der Waals surface area contributed by atoms with Crippen molar-refractivity contribution in [2.24, 2.45) is 0 Å². The Morgan fingerprint density at radius 2 is 2.12 bits per heavy atom. The maximum absolute atomic E-state index is 12.7. The van der Waals surface area contributed by atoms with E-state index in [9.17, 15) is 4.79 Å². The van der Waals surface area contributed by atoms with Crippen LogP contribution >= 0.6 is 11.6 Å². The highest BCUT2D eigenvalue weighted by Gasteiger charge is 2.24. The Bertz CT molecular complexity index is 756. The first-order valence-electron chi connectivity index (χ1n) is 9.19. The van der Waals surface area contributed by atoms with Gasteiger partial charge in [0.05, 0.1) is 6.04 Å². The molecule has 1 aliphatic rings. The molecule has 140 valence electrons. The van der Waals surface area contributed by atoms with E-state index in [2.05, 4.69) is 39.6 Å². The van der Waals surface area contributed by atoms with Gasteiger partial charge in [0.15, 0.2) is 5.69 Å². The Balaban J connectivity index is 1.76. The second-order valence-electron chi connectivity index (χ2n) is 6.42. The fraction of sp³-hybridized carbons (Fsp3) is 0.474. The second-order valence-corrected chi connectivity index (χ2v) is 6.83. The SMILES string of the molecule is CCN(CC)C(CNC(=O)c1n[nH]c2c1CNCC2)c1ccccc1Cl. The average molecular weight is 376 g/mol. The molecule has 7 heteroatoms. The molecular weight excluding hydrogens is 350 g/mol. The molecule has 1 amide bonds. The van der Waals surface area contributed by atoms with Crippen LogP contribution in [0.2, 0.25) is 5.02 Å². The number of H-pyrrole nitrogens is 1. The number of nitrogens with one attached hydrogen (secondary N) is 3. The van der Waals surface area contributed by atoms with Crippen molar-refractivity contribution in [1.82, 2.24) is 25.7 Å². The third kappa shape index (κ3) is 3.92. The standard InChI is InChI=1S/C19H26ClN5O/c1-3-25(4-2)17(13-7-5-6-8-15(13)20)12-22-19(26)18-14-11-21-10-9-16(14)23-24-18/h5-8,17,21H,3-4,9-12H2,1-2H3,(H,22,26)(H,23,24). The normalized spacial score (nSPS) is 14.9. The molecule has 0 spiro atoms. The summed E-state index contributed by atoms with van der Waals surface area (Å²) in [6.07, 6.45) is 0.872. The molecule has 2 heterocycles. The summed E-state index contributed by atoms with van der Waals surface area (Å²) in [7, 11) is 0. The van der Waals surface area contributed by atoms with Crippen LogP contribution in [0.5, 0.6) is 0 Å². The zero-order chi connectivity index (χ0) is 18.5. The fourth-order valence-electron chi connectivity index (χ4n) is 3.53. The van der Waals surface area contributed by atoms with Crippen LogP contribution in [0.1, 0.15) is 47.2 Å². The molecule has 26 heavy (non-hydrogen) atoms. The topological polar surface area (TPSA) is 73.0 Å². The summed E-state index contributed by atoms with van der Waals surface area (Å²) in [6, 6.07) is 7.85. The van der Waals surface area contributed by atoms with E-state index in [1.165, 1.54) is 0 Å². The smallest absolute Gasteiger partial charge is 0.272 e. The number of aromatic amines is 1. The van der Waals surface area contributed by atoms with Crippen molar-refractivity contribution in [3.8, 4) is 0 Å². The van der Waals surface area contributed by atoms with Gasteiger partial charge in [-0.3, -0.25) is 14.8 Å². The van der Waals surface area contributed by atoms with Gasteiger partial charge in [-0.15, -0.1) is 0 Å². The molecule has 0 fully saturated rings. The van der Waals surface area contributed by atoms with Crippen molar-refractivity contribution >= 4 is 17.5 Å². The lowest BCUT2D eigenvalue weighted by molar-refractivity contribution is 0.0928. The minimum absolute atomic E-state index is 0.0237. The molecule has 1 unspecified atom stereocenters. The summed E-state index contributed by atoms with van der Waals surface area (Å²) in [4.78, 5) is 15.0. The van der Waals surface area contributed by atoms with Crippen molar-refractivity contribution in [1.29, 1.82) is 0 Å². The van der Waals surface area contributed by atoms with Crippen molar-refractivity contribution < 1.29 is 4.79 Å². The number of fused-ring (bicyclic) bond motifs is 1. The molecule has 0 saturated heterocycles. The Morgan fingerprint density at radius 1 is 1.35 bits per heavy atom. The average Bonchev–Trinajstić information content (AvgIpc) is 3.10. The molecule has 2 aromatic rings. The maximum Gasteiger partial charge on any atom is 0.272 e. The third-order valence-electron chi connectivity index (χ3n) is 4.99. The van der Waals surface area contributed by atoms with Crippen LogP contribution in [0.3, 0.4) is 0 Å². The third-order valence-corrected chi connectivity index (χ3v) is 5.34. The number of nitrogens with zero attached hydrogens (tertiary/aromatic N) is 2. The Labute approximate surface area is 159 Å². The van der Waals surface area contributed by atoms with Gasteiger partial charge in [-0.1, -0.05) is 43.6 Å². The number of amides is 1. The van der Waals surface area contributed by atoms with Gasteiger partial charge in [-0.05, 0) is 24.7 Å². The number of carbonyl (C=O) groups is 1. The predicted octanol–water partition coefficient (Wildman–Crippen LogP) is 2.52. The Hall–Kier alpha value is -1.89. The van der Waals surface area contributed by atoms with Gasteiger partial charge < -0.3 is 10.6 Å². The summed E-state index contributed by atoms with van der Waals surface area (Å²) in [5, 5.41) is 14.3. The van der Waals surface area contributed by atoms with E-state index in [-0.39, 0.29) is 11.9 Å². The molecule has 3 rings (SSSR count). The maximum atomic E-state index is 12.7. The lowest BCUT2D eigenvalue weighted by Gasteiger charge is -2.30. The van der Waals surface area contributed by atoms with Crippen LogP contribution in [0, 0.1) is 0 Å². The molecule has 0 aliphatic carbocycles. The number of hydrogen-bond donors (Lipinski definition) is 3. The van der Waals surface area contributed by atoms with E-state index >= 15 is 0 Å². The Morgan fingerprint density at radius 3 is 2.85 bits per heavy atom. The van der Waals surface area contributed by atoms with Crippen molar-refractivity contribution in [3.63, 3.8) is 0 Å². The number of likely N-dealkylation sites (N-methyl/N-ethyl adjacent to an activating group) is 1. The van der Waals surface area contributed by atoms with Crippen molar-refractivity contribution in [3.05, 3.63) is 51.8 Å². The van der Waals surface area contributed by atoms with Gasteiger partial charge in [-0.2, -0.15) is 5.10 Å². The van der Waals surface area contributed by atoms with Crippen LogP contribution in [0.25, 0.3) is 0 Å². The van der Waals surface area contributed by atoms with Gasteiger partial charge in [0.25, 0.3) is 5.91 Å². The first kappa shape index (κ1) is 18.9. The first-order valence-corrected chi connectivity index (χ1v) is 9.57. The summed E-state index contributed by atoms with van der Waals surface area (Å²) in [5.41, 5.74) is 3.56. The summed E-state index contributed by atoms with van der Waals surface area (Å²) < 4.78 is 0. The van der Waals surface area contributed by atoms with Gasteiger partial charge in [0, 0.05) is 42.3 Å². The van der Waals surface area contributed by atoms with E-state index in [4.69, 9.17) is 11.6 Å². The van der Waals surface area contributed by atoms with E-state index in [0.717, 1.165) is 47.9 Å². The first-order chi connectivity index (χ1) is 12.7. The number of aromatic nitrogens is 2. The van der Waals surface area contributed by atoms with E-state index < -0.39 is 0 Å². The zero-order valence-corrected chi connectivity index (χ0v) is 16.1. The number of hydrogen-bond acceptors (Lipinski definition) is 4. The number of rotatable bonds is 7. The molecule has 1 aromatic carbocycles. The number of carbonyl (C=O) groups excluding carboxylic acids is 1. The highest BCUT2D eigenvalue weighted by molar-refractivity contribution is 6.31. The summed E-state index contributed by atoms with van der Waals surface area (Å²) in [5.74, 6) is -0.143. The lowest BCUT2D eigenvalue weighted by Crippen LogP contribution is -2.38. The van der Waals surface area contributed by atoms with Gasteiger partial charge >= 0.3 is 0 Å². The fourth-order valence-corrected chi connectivity index (χ4v) is 3.79. The lowest BCUT2D eigenvalue weighted by atomic mass is 10.0. The Kier molecular flexibility index (Phi) is 6.29. The molecule has 0 saturated carbocycles. The molecular formula is C19H26ClN5O. The highest BCUT2D eigenvalue weighted by Crippen LogP contribution is 2.27. The van der Waals surface area contributed by atoms with Crippen LogP contribution in [0.4, 0.5) is 0 Å². The summed E-state index contributed by atoms with van der Waals surface area (Å²) in [6.45, 7) is 8.06. The van der Waals surface area contributed by atoms with Crippen LogP contribution < -0.4 is 10.6 Å². The van der Waals surface area contributed by atoms with Gasteiger partial charge in [0.2, 0.25) is 0 Å². The van der Waals surface area contributed by atoms with E-state index in [0.29, 0.717) is 18.8 Å². The summed E-state index contributed by atoms with van der Waals surface area (Å²) >= 11 is 6.42. The number of benzene rings is 1. The van der Waals surface area contributed by atoms with Crippen LogP contribution in [0.15, 0.2) is 24.3 Å². The van der Waals surface area contributed by atoms with Gasteiger partial charge in [-0.25, -0.2) is 0 Å². The van der Waals surface area contributed by atoms with Crippen molar-refractivity contribution in [2.75, 3.05) is 26.2 Å². The minimum Gasteiger partial charge on any atom is -0.349 e. The van der Waals surface area contributed by atoms with Crippen molar-refractivity contribution in [2.45, 2.75) is 32.9 Å². The highest BCUT2D eigenvalue weighted by atomic mass is 35.5. The monoisotopic (exact) mass is 375 g/mol. The largest absolute Gasteiger partial charge is 0.349 e. The minimum atomic E-state index is -0.143. The molecule has 3 N–H and O–H groups in total. The van der Waals surface area contributed by atoms with E-state index in [1.54, 1.807) is 0 Å². The van der Waals surface area contributed by atoms with Gasteiger partial charge in [0.1, 0.15) is 0 Å². The second kappa shape index (κ2) is 8.66.